The van der Waals surface area contributed by atoms with Gasteiger partial charge >= 0.3 is 0 Å². The average Bonchev–Trinajstić information content (AvgIpc) is 2.48. The summed E-state index contributed by atoms with van der Waals surface area (Å²) in [6.45, 7) is 0.867. The minimum Gasteiger partial charge on any atom is -0.486 e. The molecule has 4 nitrogen and oxygen atoms in total. The van der Waals surface area contributed by atoms with E-state index < -0.39 is 11.6 Å². The first kappa shape index (κ1) is 13.9. The van der Waals surface area contributed by atoms with E-state index in [1.807, 2.05) is 0 Å². The number of nitrogen functional groups attached to an aromatic ring is 1. The molecule has 0 bridgehead atoms. The molecular formula is C15H11BrFNO3. The first-order valence-electron chi connectivity index (χ1n) is 6.25. The first-order valence-corrected chi connectivity index (χ1v) is 7.04. The summed E-state index contributed by atoms with van der Waals surface area (Å²) < 4.78 is 25.2. The van der Waals surface area contributed by atoms with Crippen LogP contribution in [0.3, 0.4) is 0 Å². The van der Waals surface area contributed by atoms with Gasteiger partial charge in [-0.15, -0.1) is 0 Å². The molecule has 2 aromatic carbocycles. The van der Waals surface area contributed by atoms with Crippen LogP contribution in [0.15, 0.2) is 34.8 Å². The third-order valence-corrected chi connectivity index (χ3v) is 3.77. The highest BCUT2D eigenvalue weighted by Gasteiger charge is 2.21. The van der Waals surface area contributed by atoms with Gasteiger partial charge < -0.3 is 15.2 Å². The van der Waals surface area contributed by atoms with Crippen molar-refractivity contribution in [2.75, 3.05) is 18.9 Å². The van der Waals surface area contributed by atoms with Gasteiger partial charge in [0.2, 0.25) is 0 Å². The molecule has 21 heavy (non-hydrogen) atoms. The Bertz CT molecular complexity index is 733. The Hall–Kier alpha value is -2.08. The van der Waals surface area contributed by atoms with Crippen molar-refractivity contribution in [1.29, 1.82) is 0 Å². The Morgan fingerprint density at radius 2 is 1.76 bits per heavy atom. The molecule has 0 atom stereocenters. The van der Waals surface area contributed by atoms with E-state index in [1.165, 1.54) is 18.2 Å². The van der Waals surface area contributed by atoms with E-state index >= 15 is 0 Å². The summed E-state index contributed by atoms with van der Waals surface area (Å²) in [6, 6.07) is 7.09. The zero-order valence-corrected chi connectivity index (χ0v) is 12.4. The maximum atomic E-state index is 13.8. The van der Waals surface area contributed by atoms with Crippen LogP contribution < -0.4 is 15.2 Å². The number of carbonyl (C=O) groups excluding carboxylic acids is 1. The van der Waals surface area contributed by atoms with Gasteiger partial charge in [-0.05, 0) is 46.3 Å². The summed E-state index contributed by atoms with van der Waals surface area (Å²) in [5.74, 6) is -0.0607. The molecule has 0 spiro atoms. The fourth-order valence-corrected chi connectivity index (χ4v) is 2.60. The number of fused-ring (bicyclic) bond motifs is 1. The van der Waals surface area contributed by atoms with Crippen LogP contribution in [0.2, 0.25) is 0 Å². The van der Waals surface area contributed by atoms with Crippen LogP contribution in [0, 0.1) is 5.82 Å². The average molecular weight is 352 g/mol. The molecule has 108 valence electrons. The Balaban J connectivity index is 2.07. The van der Waals surface area contributed by atoms with Crippen LogP contribution in [0.4, 0.5) is 10.1 Å². The second-order valence-electron chi connectivity index (χ2n) is 4.54. The molecule has 0 saturated heterocycles. The van der Waals surface area contributed by atoms with E-state index in [1.54, 1.807) is 12.1 Å². The zero-order valence-electron chi connectivity index (χ0n) is 10.9. The highest BCUT2D eigenvalue weighted by atomic mass is 79.9. The number of rotatable bonds is 2. The van der Waals surface area contributed by atoms with Gasteiger partial charge in [0.05, 0.1) is 5.56 Å². The molecule has 1 aliphatic rings. The van der Waals surface area contributed by atoms with Crippen LogP contribution in [0.1, 0.15) is 15.9 Å². The largest absolute Gasteiger partial charge is 0.486 e. The number of hydrogen-bond acceptors (Lipinski definition) is 4. The minimum absolute atomic E-state index is 0.0765. The monoisotopic (exact) mass is 351 g/mol. The maximum Gasteiger partial charge on any atom is 0.197 e. The molecular weight excluding hydrogens is 341 g/mol. The molecule has 0 aliphatic carbocycles. The number of ether oxygens (including phenoxy) is 2. The standard InChI is InChI=1S/C15H11BrFNO3/c16-11-7-14-13(20-3-4-21-14)6-9(11)15(19)10-5-8(18)1-2-12(10)17/h1-2,5-7H,3-4,18H2. The summed E-state index contributed by atoms with van der Waals surface area (Å²) in [5.41, 5.74) is 6.16. The van der Waals surface area contributed by atoms with Crippen LogP contribution >= 0.6 is 15.9 Å². The Labute approximate surface area is 128 Å². The van der Waals surface area contributed by atoms with Crippen molar-refractivity contribution in [3.05, 3.63) is 51.7 Å². The molecule has 0 amide bonds. The normalized spacial score (nSPS) is 13.0. The SMILES string of the molecule is Nc1ccc(F)c(C(=O)c2cc3c(cc2Br)OCCO3)c1. The van der Waals surface area contributed by atoms with Gasteiger partial charge in [0, 0.05) is 15.7 Å². The highest BCUT2D eigenvalue weighted by Crippen LogP contribution is 2.36. The lowest BCUT2D eigenvalue weighted by molar-refractivity contribution is 0.103. The van der Waals surface area contributed by atoms with Crippen molar-refractivity contribution in [2.24, 2.45) is 0 Å². The van der Waals surface area contributed by atoms with E-state index in [2.05, 4.69) is 15.9 Å². The van der Waals surface area contributed by atoms with Crippen LogP contribution in [-0.4, -0.2) is 19.0 Å². The predicted octanol–water partition coefficient (Wildman–Crippen LogP) is 3.17. The first-order chi connectivity index (χ1) is 10.1. The third kappa shape index (κ3) is 2.58. The quantitative estimate of drug-likeness (QED) is 0.666. The fraction of sp³-hybridized carbons (Fsp3) is 0.133. The van der Waals surface area contributed by atoms with Crippen molar-refractivity contribution in [3.8, 4) is 11.5 Å². The molecule has 6 heteroatoms. The van der Waals surface area contributed by atoms with Crippen molar-refractivity contribution in [1.82, 2.24) is 0 Å². The summed E-state index contributed by atoms with van der Waals surface area (Å²) in [4.78, 5) is 12.5. The number of nitrogens with two attached hydrogens (primary N) is 1. The number of hydrogen-bond donors (Lipinski definition) is 1. The van der Waals surface area contributed by atoms with Gasteiger partial charge in [0.15, 0.2) is 17.3 Å². The van der Waals surface area contributed by atoms with Gasteiger partial charge in [0.25, 0.3) is 0 Å². The Kier molecular flexibility index (Phi) is 3.55. The highest BCUT2D eigenvalue weighted by molar-refractivity contribution is 9.10. The lowest BCUT2D eigenvalue weighted by atomic mass is 10.0. The summed E-state index contributed by atoms with van der Waals surface area (Å²) in [5, 5.41) is 0. The number of halogens is 2. The topological polar surface area (TPSA) is 61.6 Å². The van der Waals surface area contributed by atoms with Crippen molar-refractivity contribution in [2.45, 2.75) is 0 Å². The predicted molar refractivity (Wildman–Crippen MR) is 79.4 cm³/mol. The molecule has 0 saturated carbocycles. The Morgan fingerprint density at radius 3 is 2.48 bits per heavy atom. The summed E-state index contributed by atoms with van der Waals surface area (Å²) in [6.07, 6.45) is 0. The smallest absolute Gasteiger partial charge is 0.197 e. The molecule has 1 heterocycles. The minimum atomic E-state index is -0.615. The van der Waals surface area contributed by atoms with E-state index in [0.29, 0.717) is 40.4 Å². The lowest BCUT2D eigenvalue weighted by Gasteiger charge is -2.19. The molecule has 2 N–H and O–H groups in total. The Morgan fingerprint density at radius 1 is 1.10 bits per heavy atom. The van der Waals surface area contributed by atoms with Crippen molar-refractivity contribution < 1.29 is 18.7 Å². The van der Waals surface area contributed by atoms with Gasteiger partial charge in [0.1, 0.15) is 19.0 Å². The molecule has 1 aliphatic heterocycles. The van der Waals surface area contributed by atoms with E-state index in [4.69, 9.17) is 15.2 Å². The van der Waals surface area contributed by atoms with Crippen molar-refractivity contribution >= 4 is 27.4 Å². The molecule has 3 rings (SSSR count). The zero-order chi connectivity index (χ0) is 15.0. The van der Waals surface area contributed by atoms with Crippen LogP contribution in [-0.2, 0) is 0 Å². The van der Waals surface area contributed by atoms with E-state index in [0.717, 1.165) is 0 Å². The van der Waals surface area contributed by atoms with Gasteiger partial charge in [-0.3, -0.25) is 4.79 Å². The number of ketones is 1. The van der Waals surface area contributed by atoms with Gasteiger partial charge in [-0.2, -0.15) is 0 Å². The number of anilines is 1. The molecule has 0 radical (unpaired) electrons. The lowest BCUT2D eigenvalue weighted by Crippen LogP contribution is -2.16. The van der Waals surface area contributed by atoms with E-state index in [-0.39, 0.29) is 5.56 Å². The van der Waals surface area contributed by atoms with Gasteiger partial charge in [-0.25, -0.2) is 4.39 Å². The molecule has 0 fully saturated rings. The van der Waals surface area contributed by atoms with Crippen LogP contribution in [0.25, 0.3) is 0 Å². The second kappa shape index (κ2) is 5.37. The molecule has 2 aromatic rings. The summed E-state index contributed by atoms with van der Waals surface area (Å²) >= 11 is 3.31. The third-order valence-electron chi connectivity index (χ3n) is 3.11. The maximum absolute atomic E-state index is 13.8. The summed E-state index contributed by atoms with van der Waals surface area (Å²) in [7, 11) is 0. The number of carbonyl (C=O) groups is 1. The molecule has 0 unspecified atom stereocenters. The van der Waals surface area contributed by atoms with Gasteiger partial charge in [-0.1, -0.05) is 0 Å². The van der Waals surface area contributed by atoms with E-state index in [9.17, 15) is 9.18 Å². The number of benzene rings is 2. The van der Waals surface area contributed by atoms with Crippen molar-refractivity contribution in [3.63, 3.8) is 0 Å². The van der Waals surface area contributed by atoms with Crippen LogP contribution in [0.5, 0.6) is 11.5 Å². The molecule has 0 aromatic heterocycles. The fourth-order valence-electron chi connectivity index (χ4n) is 2.10. The second-order valence-corrected chi connectivity index (χ2v) is 5.40.